The molecule has 0 saturated heterocycles. The zero-order chi connectivity index (χ0) is 24.1. The number of hydrogen-bond donors (Lipinski definition) is 3. The van der Waals surface area contributed by atoms with Gasteiger partial charge in [0.15, 0.2) is 0 Å². The monoisotopic (exact) mass is 468 g/mol. The first-order valence-electron chi connectivity index (χ1n) is 11.8. The maximum absolute atomic E-state index is 14.5. The molecule has 0 aliphatic heterocycles. The van der Waals surface area contributed by atoms with Gasteiger partial charge in [0.1, 0.15) is 11.6 Å². The van der Waals surface area contributed by atoms with Gasteiger partial charge >= 0.3 is 5.97 Å². The van der Waals surface area contributed by atoms with Gasteiger partial charge in [-0.05, 0) is 74.3 Å². The Bertz CT molecular complexity index is 1040. The average Bonchev–Trinajstić information content (AvgIpc) is 3.68. The summed E-state index contributed by atoms with van der Waals surface area (Å²) in [5, 5.41) is 14.4. The highest BCUT2D eigenvalue weighted by molar-refractivity contribution is 5.95. The zero-order valence-electron chi connectivity index (χ0n) is 18.9. The third-order valence-electron chi connectivity index (χ3n) is 6.43. The fourth-order valence-corrected chi connectivity index (χ4v) is 4.25. The second-order valence-corrected chi connectivity index (χ2v) is 8.98. The van der Waals surface area contributed by atoms with E-state index in [9.17, 15) is 18.8 Å². The molecule has 2 amide bonds. The summed E-state index contributed by atoms with van der Waals surface area (Å²) in [4.78, 5) is 35.6. The molecule has 0 heterocycles. The summed E-state index contributed by atoms with van der Waals surface area (Å²) in [6, 6.07) is 11.6. The number of hydrogen-bond acceptors (Lipinski definition) is 4. The summed E-state index contributed by atoms with van der Waals surface area (Å²) >= 11 is 0. The molecular weight excluding hydrogens is 439 g/mol. The van der Waals surface area contributed by atoms with Crippen LogP contribution in [0.2, 0.25) is 0 Å². The summed E-state index contributed by atoms with van der Waals surface area (Å²) in [5.74, 6) is -1.69. The van der Waals surface area contributed by atoms with E-state index in [0.29, 0.717) is 42.9 Å². The number of benzene rings is 2. The molecule has 0 unspecified atom stereocenters. The van der Waals surface area contributed by atoms with E-state index < -0.39 is 17.7 Å². The van der Waals surface area contributed by atoms with Gasteiger partial charge in [0.25, 0.3) is 11.8 Å². The molecule has 2 aromatic carbocycles. The first-order chi connectivity index (χ1) is 16.4. The SMILES string of the molecule is O=C(NCCNC(=O)c1ccc(O[C@H]2CC[C@@H](C(=O)O)CC2)cc1F)c1ccc(C2CC2)cc1. The standard InChI is InChI=1S/C26H29FN2O5/c27-23-15-21(34-20-9-7-19(8-10-20)26(32)33)11-12-22(23)25(31)29-14-13-28-24(30)18-5-3-17(4-6-18)16-1-2-16/h3-6,11-12,15-16,19-20H,1-2,7-10,13-14H2,(H,28,30)(H,29,31)(H,32,33)/t19-,20+. The molecule has 2 fully saturated rings. The van der Waals surface area contributed by atoms with Crippen LogP contribution < -0.4 is 15.4 Å². The molecule has 2 aliphatic carbocycles. The molecule has 4 rings (SSSR count). The lowest BCUT2D eigenvalue weighted by atomic mass is 9.87. The molecule has 34 heavy (non-hydrogen) atoms. The van der Waals surface area contributed by atoms with Crippen LogP contribution in [-0.4, -0.2) is 42.1 Å². The van der Waals surface area contributed by atoms with E-state index in [1.807, 2.05) is 12.1 Å². The first kappa shape index (κ1) is 23.7. The third kappa shape index (κ3) is 6.12. The lowest BCUT2D eigenvalue weighted by Gasteiger charge is -2.26. The molecule has 0 radical (unpaired) electrons. The van der Waals surface area contributed by atoms with Crippen LogP contribution in [0, 0.1) is 11.7 Å². The Labute approximate surface area is 197 Å². The third-order valence-corrected chi connectivity index (χ3v) is 6.43. The number of halogens is 1. The van der Waals surface area contributed by atoms with Crippen molar-refractivity contribution in [3.8, 4) is 5.75 Å². The van der Waals surface area contributed by atoms with Crippen molar-refractivity contribution in [2.45, 2.75) is 50.5 Å². The van der Waals surface area contributed by atoms with E-state index in [4.69, 9.17) is 9.84 Å². The fourth-order valence-electron chi connectivity index (χ4n) is 4.25. The Balaban J connectivity index is 1.20. The molecule has 180 valence electrons. The topological polar surface area (TPSA) is 105 Å². The second-order valence-electron chi connectivity index (χ2n) is 8.98. The number of carbonyl (C=O) groups is 3. The molecule has 0 bridgehead atoms. The number of nitrogens with one attached hydrogen (secondary N) is 2. The average molecular weight is 469 g/mol. The molecule has 0 atom stereocenters. The van der Waals surface area contributed by atoms with Crippen LogP contribution in [0.1, 0.15) is 70.7 Å². The minimum atomic E-state index is -0.790. The van der Waals surface area contributed by atoms with Gasteiger partial charge in [-0.1, -0.05) is 12.1 Å². The Morgan fingerprint density at radius 2 is 1.53 bits per heavy atom. The molecule has 2 saturated carbocycles. The minimum absolute atomic E-state index is 0.107. The van der Waals surface area contributed by atoms with Crippen LogP contribution in [0.15, 0.2) is 42.5 Å². The zero-order valence-corrected chi connectivity index (χ0v) is 18.9. The van der Waals surface area contributed by atoms with Crippen molar-refractivity contribution in [2.75, 3.05) is 13.1 Å². The highest BCUT2D eigenvalue weighted by atomic mass is 19.1. The molecular formula is C26H29FN2O5. The highest BCUT2D eigenvalue weighted by Crippen LogP contribution is 2.39. The van der Waals surface area contributed by atoms with E-state index in [1.54, 1.807) is 12.1 Å². The van der Waals surface area contributed by atoms with Crippen molar-refractivity contribution >= 4 is 17.8 Å². The summed E-state index contributed by atoms with van der Waals surface area (Å²) < 4.78 is 20.3. The summed E-state index contributed by atoms with van der Waals surface area (Å²) in [7, 11) is 0. The van der Waals surface area contributed by atoms with Gasteiger partial charge in [0, 0.05) is 24.7 Å². The molecule has 7 nitrogen and oxygen atoms in total. The minimum Gasteiger partial charge on any atom is -0.490 e. The Morgan fingerprint density at radius 3 is 2.12 bits per heavy atom. The van der Waals surface area contributed by atoms with E-state index in [0.717, 1.165) is 0 Å². The first-order valence-corrected chi connectivity index (χ1v) is 11.8. The Kier molecular flexibility index (Phi) is 7.45. The van der Waals surface area contributed by atoms with Crippen LogP contribution >= 0.6 is 0 Å². The molecule has 3 N–H and O–H groups in total. The van der Waals surface area contributed by atoms with E-state index in [-0.39, 0.29) is 36.6 Å². The van der Waals surface area contributed by atoms with Gasteiger partial charge in [-0.15, -0.1) is 0 Å². The van der Waals surface area contributed by atoms with Crippen LogP contribution in [0.5, 0.6) is 5.75 Å². The maximum atomic E-state index is 14.5. The number of carboxylic acid groups (broad SMARTS) is 1. The number of amides is 2. The van der Waals surface area contributed by atoms with E-state index in [1.165, 1.54) is 36.6 Å². The molecule has 2 aliphatic rings. The van der Waals surface area contributed by atoms with Crippen LogP contribution in [0.4, 0.5) is 4.39 Å². The fraction of sp³-hybridized carbons (Fsp3) is 0.423. The number of aliphatic carboxylic acids is 1. The quantitative estimate of drug-likeness (QED) is 0.485. The van der Waals surface area contributed by atoms with Crippen LogP contribution in [0.3, 0.4) is 0 Å². The Hall–Kier alpha value is -3.42. The predicted molar refractivity (Wildman–Crippen MR) is 123 cm³/mol. The number of ether oxygens (including phenoxy) is 1. The van der Waals surface area contributed by atoms with E-state index >= 15 is 0 Å². The summed E-state index contributed by atoms with van der Waals surface area (Å²) in [5.41, 5.74) is 1.71. The van der Waals surface area contributed by atoms with Crippen LogP contribution in [0.25, 0.3) is 0 Å². The summed E-state index contributed by atoms with van der Waals surface area (Å²) in [6.45, 7) is 0.381. The Morgan fingerprint density at radius 1 is 0.882 bits per heavy atom. The van der Waals surface area contributed by atoms with Gasteiger partial charge in [0.2, 0.25) is 0 Å². The van der Waals surface area contributed by atoms with Crippen molar-refractivity contribution in [3.63, 3.8) is 0 Å². The lowest BCUT2D eigenvalue weighted by Crippen LogP contribution is -2.35. The maximum Gasteiger partial charge on any atom is 0.306 e. The predicted octanol–water partition coefficient (Wildman–Crippen LogP) is 3.89. The molecule has 0 aromatic heterocycles. The molecule has 2 aromatic rings. The molecule has 8 heteroatoms. The van der Waals surface area contributed by atoms with Crippen molar-refractivity contribution in [2.24, 2.45) is 5.92 Å². The smallest absolute Gasteiger partial charge is 0.306 e. The van der Waals surface area contributed by atoms with Crippen molar-refractivity contribution in [1.82, 2.24) is 10.6 Å². The largest absolute Gasteiger partial charge is 0.490 e. The van der Waals surface area contributed by atoms with Gasteiger partial charge in [-0.25, -0.2) is 4.39 Å². The lowest BCUT2D eigenvalue weighted by molar-refractivity contribution is -0.143. The molecule has 0 spiro atoms. The number of carbonyl (C=O) groups excluding carboxylic acids is 2. The van der Waals surface area contributed by atoms with Crippen molar-refractivity contribution < 1.29 is 28.6 Å². The van der Waals surface area contributed by atoms with Crippen molar-refractivity contribution in [3.05, 3.63) is 65.0 Å². The number of rotatable bonds is 9. The number of carboxylic acids is 1. The van der Waals surface area contributed by atoms with Gasteiger partial charge < -0.3 is 20.5 Å². The van der Waals surface area contributed by atoms with Crippen LogP contribution in [-0.2, 0) is 4.79 Å². The van der Waals surface area contributed by atoms with Crippen molar-refractivity contribution in [1.29, 1.82) is 0 Å². The normalized spacial score (nSPS) is 19.8. The van der Waals surface area contributed by atoms with Gasteiger partial charge in [-0.2, -0.15) is 0 Å². The summed E-state index contributed by atoms with van der Waals surface area (Å²) in [6.07, 6.45) is 4.50. The second kappa shape index (κ2) is 10.7. The van der Waals surface area contributed by atoms with E-state index in [2.05, 4.69) is 10.6 Å². The van der Waals surface area contributed by atoms with Gasteiger partial charge in [0.05, 0.1) is 17.6 Å². The van der Waals surface area contributed by atoms with Gasteiger partial charge in [-0.3, -0.25) is 14.4 Å². The highest BCUT2D eigenvalue weighted by Gasteiger charge is 2.27.